The zero-order chi connectivity index (χ0) is 13.2. The first-order valence-corrected chi connectivity index (χ1v) is 7.82. The van der Waals surface area contributed by atoms with Gasteiger partial charge in [0, 0.05) is 19.2 Å². The van der Waals surface area contributed by atoms with Crippen LogP contribution < -0.4 is 5.32 Å². The number of nitrogens with one attached hydrogen (secondary N) is 1. The third kappa shape index (κ3) is 3.71. The Bertz CT molecular complexity index is 250. The average Bonchev–Trinajstić information content (AvgIpc) is 2.72. The molecule has 0 aromatic rings. The third-order valence-corrected chi connectivity index (χ3v) is 5.15. The molecule has 1 N–H and O–H groups in total. The van der Waals surface area contributed by atoms with Gasteiger partial charge in [-0.25, -0.2) is 0 Å². The van der Waals surface area contributed by atoms with Crippen molar-refractivity contribution in [1.82, 2.24) is 5.32 Å². The van der Waals surface area contributed by atoms with Gasteiger partial charge in [0.05, 0.1) is 6.10 Å². The molecule has 0 spiro atoms. The summed E-state index contributed by atoms with van der Waals surface area (Å²) in [7, 11) is 0. The fourth-order valence-electron chi connectivity index (χ4n) is 3.53. The Morgan fingerprint density at radius 1 is 1.06 bits per heavy atom. The minimum atomic E-state index is 0.461. The van der Waals surface area contributed by atoms with Crippen molar-refractivity contribution in [2.24, 2.45) is 17.3 Å². The molecule has 2 aliphatic rings. The summed E-state index contributed by atoms with van der Waals surface area (Å²) in [4.78, 5) is 0. The molecule has 106 valence electrons. The lowest BCUT2D eigenvalue weighted by Gasteiger charge is -2.37. The molecule has 0 radical (unpaired) electrons. The van der Waals surface area contributed by atoms with Crippen molar-refractivity contribution in [3.63, 3.8) is 0 Å². The molecule has 1 aliphatic heterocycles. The summed E-state index contributed by atoms with van der Waals surface area (Å²) in [6, 6.07) is 0.761. The normalized spacial score (nSPS) is 38.0. The van der Waals surface area contributed by atoms with Crippen LogP contribution in [0.3, 0.4) is 0 Å². The van der Waals surface area contributed by atoms with Crippen LogP contribution in [0.25, 0.3) is 0 Å². The fraction of sp³-hybridized carbons (Fsp3) is 1.00. The molecule has 2 fully saturated rings. The summed E-state index contributed by atoms with van der Waals surface area (Å²) in [5.74, 6) is 1.66. The predicted molar refractivity (Wildman–Crippen MR) is 76.7 cm³/mol. The smallest absolute Gasteiger partial charge is 0.0588 e. The zero-order valence-electron chi connectivity index (χ0n) is 12.7. The van der Waals surface area contributed by atoms with Gasteiger partial charge in [-0.15, -0.1) is 0 Å². The zero-order valence-corrected chi connectivity index (χ0v) is 12.7. The molecule has 2 nitrogen and oxygen atoms in total. The number of ether oxygens (including phenoxy) is 1. The summed E-state index contributed by atoms with van der Waals surface area (Å²) in [6.07, 6.45) is 7.23. The lowest BCUT2D eigenvalue weighted by Crippen LogP contribution is -2.39. The second kappa shape index (κ2) is 5.92. The minimum absolute atomic E-state index is 0.461. The Kier molecular flexibility index (Phi) is 4.71. The van der Waals surface area contributed by atoms with E-state index in [4.69, 9.17) is 4.74 Å². The summed E-state index contributed by atoms with van der Waals surface area (Å²) >= 11 is 0. The molecule has 1 saturated heterocycles. The van der Waals surface area contributed by atoms with Crippen LogP contribution in [0.5, 0.6) is 0 Å². The van der Waals surface area contributed by atoms with Gasteiger partial charge in [-0.2, -0.15) is 0 Å². The summed E-state index contributed by atoms with van der Waals surface area (Å²) in [6.45, 7) is 11.5. The quantitative estimate of drug-likeness (QED) is 0.829. The van der Waals surface area contributed by atoms with Crippen molar-refractivity contribution < 1.29 is 4.74 Å². The Morgan fingerprint density at radius 2 is 1.72 bits per heavy atom. The van der Waals surface area contributed by atoms with E-state index < -0.39 is 0 Å². The van der Waals surface area contributed by atoms with Crippen molar-refractivity contribution in [3.8, 4) is 0 Å². The second-order valence-electron chi connectivity index (χ2n) is 7.45. The van der Waals surface area contributed by atoms with E-state index in [0.29, 0.717) is 11.5 Å². The van der Waals surface area contributed by atoms with Gasteiger partial charge in [-0.05, 0) is 56.3 Å². The van der Waals surface area contributed by atoms with Crippen LogP contribution in [-0.2, 0) is 4.74 Å². The summed E-state index contributed by atoms with van der Waals surface area (Å²) in [5, 5.41) is 3.79. The van der Waals surface area contributed by atoms with Crippen LogP contribution in [0.2, 0.25) is 0 Å². The highest BCUT2D eigenvalue weighted by Crippen LogP contribution is 2.37. The highest BCUT2D eigenvalue weighted by Gasteiger charge is 2.30. The molecular weight excluding hydrogens is 222 g/mol. The molecule has 18 heavy (non-hydrogen) atoms. The Labute approximate surface area is 113 Å². The molecule has 2 unspecified atom stereocenters. The van der Waals surface area contributed by atoms with E-state index in [1.165, 1.54) is 32.1 Å². The Morgan fingerprint density at radius 3 is 2.22 bits per heavy atom. The van der Waals surface area contributed by atoms with Crippen molar-refractivity contribution in [3.05, 3.63) is 0 Å². The van der Waals surface area contributed by atoms with E-state index >= 15 is 0 Å². The van der Waals surface area contributed by atoms with Crippen LogP contribution in [0.4, 0.5) is 0 Å². The predicted octanol–water partition coefficient (Wildman–Crippen LogP) is 3.61. The monoisotopic (exact) mass is 253 g/mol. The van der Waals surface area contributed by atoms with Gasteiger partial charge in [0.2, 0.25) is 0 Å². The molecule has 0 bridgehead atoms. The fourth-order valence-corrected chi connectivity index (χ4v) is 3.53. The molecule has 1 aliphatic carbocycles. The van der Waals surface area contributed by atoms with Crippen LogP contribution >= 0.6 is 0 Å². The van der Waals surface area contributed by atoms with Crippen molar-refractivity contribution in [2.75, 3.05) is 13.2 Å². The third-order valence-electron chi connectivity index (χ3n) is 5.15. The van der Waals surface area contributed by atoms with Gasteiger partial charge in [-0.1, -0.05) is 20.8 Å². The van der Waals surface area contributed by atoms with Gasteiger partial charge in [0.1, 0.15) is 0 Å². The highest BCUT2D eigenvalue weighted by molar-refractivity contribution is 4.84. The molecule has 0 amide bonds. The van der Waals surface area contributed by atoms with E-state index in [1.807, 2.05) is 0 Å². The van der Waals surface area contributed by atoms with Gasteiger partial charge >= 0.3 is 0 Å². The van der Waals surface area contributed by atoms with Crippen LogP contribution in [0, 0.1) is 17.3 Å². The van der Waals surface area contributed by atoms with Gasteiger partial charge in [0.15, 0.2) is 0 Å². The molecule has 0 aromatic heterocycles. The highest BCUT2D eigenvalue weighted by atomic mass is 16.5. The summed E-state index contributed by atoms with van der Waals surface area (Å²) in [5.41, 5.74) is 0.499. The maximum absolute atomic E-state index is 5.63. The first kappa shape index (κ1) is 14.3. The van der Waals surface area contributed by atoms with Crippen molar-refractivity contribution in [2.45, 2.75) is 71.9 Å². The molecule has 2 heteroatoms. The van der Waals surface area contributed by atoms with Crippen LogP contribution in [0.15, 0.2) is 0 Å². The SMILES string of the molecule is CC1OCCC1CNC1CCC(C(C)(C)C)CC1. The molecule has 0 aromatic carbocycles. The molecular formula is C16H31NO. The molecule has 2 atom stereocenters. The lowest BCUT2D eigenvalue weighted by atomic mass is 9.71. The molecule has 1 heterocycles. The van der Waals surface area contributed by atoms with E-state index in [2.05, 4.69) is 33.0 Å². The average molecular weight is 253 g/mol. The number of hydrogen-bond acceptors (Lipinski definition) is 2. The van der Waals surface area contributed by atoms with Gasteiger partial charge in [-0.3, -0.25) is 0 Å². The maximum atomic E-state index is 5.63. The number of hydrogen-bond donors (Lipinski definition) is 1. The van der Waals surface area contributed by atoms with Gasteiger partial charge < -0.3 is 10.1 Å². The first-order chi connectivity index (χ1) is 8.47. The largest absolute Gasteiger partial charge is 0.378 e. The summed E-state index contributed by atoms with van der Waals surface area (Å²) < 4.78 is 5.63. The van der Waals surface area contributed by atoms with E-state index in [1.54, 1.807) is 0 Å². The second-order valence-corrected chi connectivity index (χ2v) is 7.45. The van der Waals surface area contributed by atoms with E-state index in [9.17, 15) is 0 Å². The number of rotatable bonds is 3. The standard InChI is InChI=1S/C16H31NO/c1-12-13(9-10-18-12)11-17-15-7-5-14(6-8-15)16(2,3)4/h12-15,17H,5-11H2,1-4H3. The topological polar surface area (TPSA) is 21.3 Å². The Hall–Kier alpha value is -0.0800. The Balaban J connectivity index is 1.67. The first-order valence-electron chi connectivity index (χ1n) is 7.82. The molecule has 1 saturated carbocycles. The maximum Gasteiger partial charge on any atom is 0.0588 e. The van der Waals surface area contributed by atoms with Crippen LogP contribution in [-0.4, -0.2) is 25.3 Å². The van der Waals surface area contributed by atoms with Crippen LogP contribution in [0.1, 0.15) is 59.8 Å². The lowest BCUT2D eigenvalue weighted by molar-refractivity contribution is 0.103. The minimum Gasteiger partial charge on any atom is -0.378 e. The van der Waals surface area contributed by atoms with E-state index in [0.717, 1.165) is 31.0 Å². The van der Waals surface area contributed by atoms with E-state index in [-0.39, 0.29) is 0 Å². The van der Waals surface area contributed by atoms with Crippen molar-refractivity contribution in [1.29, 1.82) is 0 Å². The molecule has 2 rings (SSSR count). The van der Waals surface area contributed by atoms with Gasteiger partial charge in [0.25, 0.3) is 0 Å². The van der Waals surface area contributed by atoms with Crippen molar-refractivity contribution >= 4 is 0 Å².